The first-order chi connectivity index (χ1) is 7.17. The Morgan fingerprint density at radius 1 is 1.40 bits per heavy atom. The molecule has 0 aliphatic carbocycles. The molecule has 0 radical (unpaired) electrons. The number of Topliss-reactive ketones (excluding diaryl/α,β-unsaturated/α-hetero) is 1. The van der Waals surface area contributed by atoms with E-state index in [4.69, 9.17) is 21.1 Å². The number of ketones is 1. The van der Waals surface area contributed by atoms with Gasteiger partial charge in [-0.05, 0) is 17.7 Å². The van der Waals surface area contributed by atoms with Gasteiger partial charge in [0.25, 0.3) is 0 Å². The molecule has 0 heterocycles. The van der Waals surface area contributed by atoms with E-state index in [1.165, 1.54) is 14.2 Å². The number of benzene rings is 1. The van der Waals surface area contributed by atoms with Gasteiger partial charge in [0.1, 0.15) is 0 Å². The second-order valence-electron chi connectivity index (χ2n) is 3.08. The first-order valence-electron chi connectivity index (χ1n) is 4.50. The van der Waals surface area contributed by atoms with E-state index >= 15 is 0 Å². The largest absolute Gasteiger partial charge is 0.349 e. The van der Waals surface area contributed by atoms with Crippen molar-refractivity contribution in [1.29, 1.82) is 0 Å². The molecule has 0 unspecified atom stereocenters. The Morgan fingerprint density at radius 2 is 2.07 bits per heavy atom. The van der Waals surface area contributed by atoms with Crippen LogP contribution in [0, 0.1) is 0 Å². The van der Waals surface area contributed by atoms with Crippen LogP contribution < -0.4 is 0 Å². The third kappa shape index (κ3) is 3.63. The summed E-state index contributed by atoms with van der Waals surface area (Å²) in [5.74, 6) is -0.123. The molecular formula is C11H13ClO3. The molecule has 1 aromatic carbocycles. The van der Waals surface area contributed by atoms with Gasteiger partial charge in [0.15, 0.2) is 5.78 Å². The SMILES string of the molecule is COC(OC)C(=O)Cc1cccc(Cl)c1. The Bertz CT molecular complexity index is 334. The fraction of sp³-hybridized carbons (Fsp3) is 0.364. The summed E-state index contributed by atoms with van der Waals surface area (Å²) in [4.78, 5) is 11.6. The van der Waals surface area contributed by atoms with E-state index in [0.29, 0.717) is 5.02 Å². The third-order valence-corrected chi connectivity index (χ3v) is 2.19. The Balaban J connectivity index is 2.65. The number of ether oxygens (including phenoxy) is 2. The summed E-state index contributed by atoms with van der Waals surface area (Å²) >= 11 is 5.80. The molecule has 0 amide bonds. The lowest BCUT2D eigenvalue weighted by molar-refractivity contribution is -0.155. The second kappa shape index (κ2) is 5.85. The van der Waals surface area contributed by atoms with Gasteiger partial charge in [0.2, 0.25) is 6.29 Å². The van der Waals surface area contributed by atoms with Crippen LogP contribution in [-0.4, -0.2) is 26.3 Å². The van der Waals surface area contributed by atoms with Crippen LogP contribution >= 0.6 is 11.6 Å². The van der Waals surface area contributed by atoms with Gasteiger partial charge in [-0.15, -0.1) is 0 Å². The second-order valence-corrected chi connectivity index (χ2v) is 3.51. The fourth-order valence-electron chi connectivity index (χ4n) is 1.29. The lowest BCUT2D eigenvalue weighted by Gasteiger charge is -2.11. The lowest BCUT2D eigenvalue weighted by Crippen LogP contribution is -2.26. The van der Waals surface area contributed by atoms with Crippen LogP contribution in [0.2, 0.25) is 5.02 Å². The van der Waals surface area contributed by atoms with Crippen LogP contribution in [0.25, 0.3) is 0 Å². The zero-order valence-corrected chi connectivity index (χ0v) is 9.45. The van der Waals surface area contributed by atoms with Gasteiger partial charge in [0.05, 0.1) is 0 Å². The maximum absolute atomic E-state index is 11.6. The smallest absolute Gasteiger partial charge is 0.217 e. The highest BCUT2D eigenvalue weighted by molar-refractivity contribution is 6.30. The molecule has 15 heavy (non-hydrogen) atoms. The molecule has 0 saturated heterocycles. The van der Waals surface area contributed by atoms with Gasteiger partial charge in [-0.3, -0.25) is 4.79 Å². The minimum atomic E-state index is -0.802. The van der Waals surface area contributed by atoms with E-state index in [9.17, 15) is 4.79 Å². The summed E-state index contributed by atoms with van der Waals surface area (Å²) in [5.41, 5.74) is 0.853. The molecule has 0 bridgehead atoms. The average molecular weight is 229 g/mol. The Kier molecular flexibility index (Phi) is 4.75. The molecule has 1 aromatic rings. The number of carbonyl (C=O) groups is 1. The fourth-order valence-corrected chi connectivity index (χ4v) is 1.50. The van der Waals surface area contributed by atoms with Crippen molar-refractivity contribution in [3.8, 4) is 0 Å². The van der Waals surface area contributed by atoms with Crippen molar-refractivity contribution < 1.29 is 14.3 Å². The summed E-state index contributed by atoms with van der Waals surface area (Å²) in [7, 11) is 2.87. The molecule has 0 saturated carbocycles. The number of hydrogen-bond donors (Lipinski definition) is 0. The molecule has 0 aliphatic heterocycles. The van der Waals surface area contributed by atoms with Crippen LogP contribution in [0.4, 0.5) is 0 Å². The minimum absolute atomic E-state index is 0.123. The van der Waals surface area contributed by atoms with E-state index < -0.39 is 6.29 Å². The maximum atomic E-state index is 11.6. The molecule has 3 nitrogen and oxygen atoms in total. The standard InChI is InChI=1S/C11H13ClO3/c1-14-11(15-2)10(13)7-8-4-3-5-9(12)6-8/h3-6,11H,7H2,1-2H3. The summed E-state index contributed by atoms with van der Waals surface area (Å²) < 4.78 is 9.72. The van der Waals surface area contributed by atoms with Crippen molar-refractivity contribution >= 4 is 17.4 Å². The first-order valence-corrected chi connectivity index (χ1v) is 4.88. The molecule has 82 valence electrons. The van der Waals surface area contributed by atoms with Crippen molar-refractivity contribution in [1.82, 2.24) is 0 Å². The van der Waals surface area contributed by atoms with E-state index in [1.54, 1.807) is 18.2 Å². The van der Waals surface area contributed by atoms with Gasteiger partial charge >= 0.3 is 0 Å². The average Bonchev–Trinajstić information content (AvgIpc) is 2.19. The van der Waals surface area contributed by atoms with Gasteiger partial charge in [-0.1, -0.05) is 23.7 Å². The summed E-state index contributed by atoms with van der Waals surface area (Å²) in [6.45, 7) is 0. The quantitative estimate of drug-likeness (QED) is 0.724. The normalized spacial score (nSPS) is 10.7. The highest BCUT2D eigenvalue weighted by atomic mass is 35.5. The van der Waals surface area contributed by atoms with Gasteiger partial charge in [-0.25, -0.2) is 0 Å². The van der Waals surface area contributed by atoms with Crippen LogP contribution in [0.5, 0.6) is 0 Å². The maximum Gasteiger partial charge on any atom is 0.217 e. The zero-order valence-electron chi connectivity index (χ0n) is 8.70. The van der Waals surface area contributed by atoms with Crippen molar-refractivity contribution in [3.63, 3.8) is 0 Å². The van der Waals surface area contributed by atoms with E-state index in [0.717, 1.165) is 5.56 Å². The molecule has 1 rings (SSSR count). The van der Waals surface area contributed by atoms with Crippen molar-refractivity contribution in [2.45, 2.75) is 12.7 Å². The number of carbonyl (C=O) groups excluding carboxylic acids is 1. The molecule has 0 N–H and O–H groups in total. The van der Waals surface area contributed by atoms with Crippen LogP contribution in [0.3, 0.4) is 0 Å². The zero-order chi connectivity index (χ0) is 11.3. The topological polar surface area (TPSA) is 35.5 Å². The van der Waals surface area contributed by atoms with Crippen molar-refractivity contribution in [3.05, 3.63) is 34.9 Å². The molecule has 4 heteroatoms. The summed E-state index contributed by atoms with van der Waals surface area (Å²) in [6.07, 6.45) is -0.545. The highest BCUT2D eigenvalue weighted by Crippen LogP contribution is 2.12. The number of hydrogen-bond acceptors (Lipinski definition) is 3. The monoisotopic (exact) mass is 228 g/mol. The Morgan fingerprint density at radius 3 is 2.60 bits per heavy atom. The molecular weight excluding hydrogens is 216 g/mol. The van der Waals surface area contributed by atoms with E-state index in [-0.39, 0.29) is 12.2 Å². The highest BCUT2D eigenvalue weighted by Gasteiger charge is 2.16. The summed E-state index contributed by atoms with van der Waals surface area (Å²) in [6, 6.07) is 7.16. The molecule has 0 spiro atoms. The van der Waals surface area contributed by atoms with Crippen LogP contribution in [0.1, 0.15) is 5.56 Å². The molecule has 0 fully saturated rings. The summed E-state index contributed by atoms with van der Waals surface area (Å²) in [5, 5.41) is 0.617. The molecule has 0 aromatic heterocycles. The molecule has 0 aliphatic rings. The van der Waals surface area contributed by atoms with Gasteiger partial charge < -0.3 is 9.47 Å². The van der Waals surface area contributed by atoms with Crippen molar-refractivity contribution in [2.75, 3.05) is 14.2 Å². The van der Waals surface area contributed by atoms with E-state index in [2.05, 4.69) is 0 Å². The number of methoxy groups -OCH3 is 2. The Labute approximate surface area is 93.9 Å². The van der Waals surface area contributed by atoms with Crippen LogP contribution in [-0.2, 0) is 20.7 Å². The first kappa shape index (κ1) is 12.2. The number of rotatable bonds is 5. The third-order valence-electron chi connectivity index (χ3n) is 1.96. The minimum Gasteiger partial charge on any atom is -0.349 e. The Hall–Kier alpha value is -0.900. The number of halogens is 1. The predicted octanol–water partition coefficient (Wildman–Crippen LogP) is 2.07. The lowest BCUT2D eigenvalue weighted by atomic mass is 10.1. The predicted molar refractivity (Wildman–Crippen MR) is 58.0 cm³/mol. The van der Waals surface area contributed by atoms with Gasteiger partial charge in [-0.2, -0.15) is 0 Å². The molecule has 0 atom stereocenters. The van der Waals surface area contributed by atoms with Gasteiger partial charge in [0, 0.05) is 25.7 Å². The van der Waals surface area contributed by atoms with Crippen LogP contribution in [0.15, 0.2) is 24.3 Å². The van der Waals surface area contributed by atoms with E-state index in [1.807, 2.05) is 6.07 Å². The van der Waals surface area contributed by atoms with Crippen molar-refractivity contribution in [2.24, 2.45) is 0 Å².